The van der Waals surface area contributed by atoms with E-state index >= 15 is 0 Å². The van der Waals surface area contributed by atoms with Crippen LogP contribution in [0, 0.1) is 11.8 Å². The third kappa shape index (κ3) is 3.95. The van der Waals surface area contributed by atoms with Gasteiger partial charge >= 0.3 is 0 Å². The molecule has 0 saturated heterocycles. The molecule has 0 N–H and O–H groups in total. The summed E-state index contributed by atoms with van der Waals surface area (Å²) in [5.74, 6) is 1.18. The Labute approximate surface area is 139 Å². The number of allylic oxidation sites excluding steroid dienone is 2. The first kappa shape index (κ1) is 19.3. The van der Waals surface area contributed by atoms with Crippen molar-refractivity contribution in [2.45, 2.75) is 87.7 Å². The van der Waals surface area contributed by atoms with Gasteiger partial charge in [-0.3, -0.25) is 0 Å². The first-order valence-electron chi connectivity index (χ1n) is 9.06. The van der Waals surface area contributed by atoms with Gasteiger partial charge in [-0.2, -0.15) is 0 Å². The van der Waals surface area contributed by atoms with Crippen LogP contribution >= 0.6 is 0 Å². The molecule has 0 saturated carbocycles. The largest absolute Gasteiger partial charge is 0.303 e. The molecule has 0 amide bonds. The van der Waals surface area contributed by atoms with E-state index < -0.39 is 0 Å². The van der Waals surface area contributed by atoms with Crippen LogP contribution < -0.4 is 0 Å². The molecule has 0 aromatic rings. The predicted octanol–water partition coefficient (Wildman–Crippen LogP) is 5.63. The topological polar surface area (TPSA) is 6.48 Å². The van der Waals surface area contributed by atoms with Crippen molar-refractivity contribution in [1.82, 2.24) is 10.0 Å². The van der Waals surface area contributed by atoms with Crippen molar-refractivity contribution in [2.75, 3.05) is 6.54 Å². The molecule has 0 radical (unpaired) electrons. The highest BCUT2D eigenvalue weighted by Crippen LogP contribution is 2.38. The van der Waals surface area contributed by atoms with Crippen LogP contribution in [0.4, 0.5) is 0 Å². The van der Waals surface area contributed by atoms with Gasteiger partial charge in [0.25, 0.3) is 0 Å². The molecule has 0 spiro atoms. The Morgan fingerprint density at radius 2 is 1.36 bits per heavy atom. The molecule has 0 atom stereocenters. The van der Waals surface area contributed by atoms with Crippen LogP contribution in [0.15, 0.2) is 22.4 Å². The van der Waals surface area contributed by atoms with Crippen molar-refractivity contribution in [3.63, 3.8) is 0 Å². The van der Waals surface area contributed by atoms with Gasteiger partial charge < -0.3 is 5.01 Å². The number of nitrogens with zero attached hydrogens (tertiary/aromatic N) is 2. The first-order valence-corrected chi connectivity index (χ1v) is 9.06. The lowest BCUT2D eigenvalue weighted by molar-refractivity contribution is -0.0393. The number of hydrogen-bond acceptors (Lipinski definition) is 2. The molecule has 2 heteroatoms. The second kappa shape index (κ2) is 7.68. The fraction of sp³-hybridized carbons (Fsp3) is 0.800. The molecule has 1 heterocycles. The van der Waals surface area contributed by atoms with E-state index in [1.807, 2.05) is 0 Å². The Morgan fingerprint density at radius 3 is 1.68 bits per heavy atom. The maximum absolute atomic E-state index is 2.57. The highest BCUT2D eigenvalue weighted by atomic mass is 15.6. The highest BCUT2D eigenvalue weighted by molar-refractivity contribution is 5.40. The summed E-state index contributed by atoms with van der Waals surface area (Å²) in [7, 11) is 0. The molecule has 0 bridgehead atoms. The summed E-state index contributed by atoms with van der Waals surface area (Å²) in [6.45, 7) is 24.3. The smallest absolute Gasteiger partial charge is 0.0545 e. The lowest BCUT2D eigenvalue weighted by Crippen LogP contribution is -2.49. The van der Waals surface area contributed by atoms with Gasteiger partial charge in [0, 0.05) is 18.6 Å². The Kier molecular flexibility index (Phi) is 6.73. The van der Waals surface area contributed by atoms with Gasteiger partial charge in [-0.05, 0) is 65.4 Å². The normalized spacial score (nSPS) is 18.3. The molecule has 22 heavy (non-hydrogen) atoms. The van der Waals surface area contributed by atoms with Crippen LogP contribution in [0.5, 0.6) is 0 Å². The molecular formula is C20H38N2. The molecule has 0 aromatic heterocycles. The van der Waals surface area contributed by atoms with Crippen LogP contribution in [0.25, 0.3) is 0 Å². The molecule has 128 valence electrons. The second-order valence-corrected chi connectivity index (χ2v) is 8.04. The van der Waals surface area contributed by atoms with Crippen LogP contribution in [0.2, 0.25) is 0 Å². The van der Waals surface area contributed by atoms with Crippen molar-refractivity contribution in [1.29, 1.82) is 0 Å². The SMILES string of the molecule is CC(C)=C1C(C(C)C)=C(C(C)C)CCN(C(C)C)N1C(C)C. The van der Waals surface area contributed by atoms with Crippen molar-refractivity contribution in [2.24, 2.45) is 11.8 Å². The van der Waals surface area contributed by atoms with Crippen molar-refractivity contribution in [3.8, 4) is 0 Å². The monoisotopic (exact) mass is 306 g/mol. The van der Waals surface area contributed by atoms with Gasteiger partial charge in [-0.15, -0.1) is 0 Å². The lowest BCUT2D eigenvalue weighted by Gasteiger charge is -2.44. The maximum atomic E-state index is 2.57. The fourth-order valence-electron chi connectivity index (χ4n) is 3.69. The summed E-state index contributed by atoms with van der Waals surface area (Å²) < 4.78 is 0. The molecule has 0 aliphatic carbocycles. The van der Waals surface area contributed by atoms with E-state index in [1.54, 1.807) is 11.1 Å². The minimum absolute atomic E-state index is 0.479. The van der Waals surface area contributed by atoms with Gasteiger partial charge in [0.15, 0.2) is 0 Å². The zero-order valence-electron chi connectivity index (χ0n) is 16.6. The van der Waals surface area contributed by atoms with Gasteiger partial charge in [0.1, 0.15) is 0 Å². The minimum atomic E-state index is 0.479. The van der Waals surface area contributed by atoms with Gasteiger partial charge in [-0.1, -0.05) is 38.8 Å². The van der Waals surface area contributed by atoms with Crippen LogP contribution in [-0.4, -0.2) is 28.6 Å². The average molecular weight is 307 g/mol. The fourth-order valence-corrected chi connectivity index (χ4v) is 3.69. The summed E-state index contributed by atoms with van der Waals surface area (Å²) in [6.07, 6.45) is 1.18. The molecule has 2 nitrogen and oxygen atoms in total. The quantitative estimate of drug-likeness (QED) is 0.664. The second-order valence-electron chi connectivity index (χ2n) is 8.04. The summed E-state index contributed by atoms with van der Waals surface area (Å²) in [5, 5.41) is 5.15. The van der Waals surface area contributed by atoms with E-state index in [0.717, 1.165) is 6.54 Å². The molecule has 1 aliphatic heterocycles. The van der Waals surface area contributed by atoms with E-state index in [4.69, 9.17) is 0 Å². The molecule has 0 aromatic carbocycles. The van der Waals surface area contributed by atoms with Crippen LogP contribution in [0.3, 0.4) is 0 Å². The first-order chi connectivity index (χ1) is 10.1. The molecule has 1 aliphatic rings. The van der Waals surface area contributed by atoms with E-state index in [9.17, 15) is 0 Å². The standard InChI is InChI=1S/C20H38N2/c1-13(2)18-11-12-21(16(7)8)22(17(9)10)20(15(5)6)19(18)14(3)4/h13-14,16-17H,11-12H2,1-10H3. The summed E-state index contributed by atoms with van der Waals surface area (Å²) in [6, 6.07) is 1.00. The molecule has 0 fully saturated rings. The number of rotatable bonds is 4. The van der Waals surface area contributed by atoms with E-state index in [1.165, 1.54) is 17.7 Å². The zero-order chi connectivity index (χ0) is 17.2. The molecule has 1 rings (SSSR count). The van der Waals surface area contributed by atoms with Gasteiger partial charge in [-0.25, -0.2) is 5.01 Å². The zero-order valence-corrected chi connectivity index (χ0v) is 16.6. The third-order valence-electron chi connectivity index (χ3n) is 4.55. The summed E-state index contributed by atoms with van der Waals surface area (Å²) in [5.41, 5.74) is 6.15. The molecular weight excluding hydrogens is 268 g/mol. The van der Waals surface area contributed by atoms with Crippen LogP contribution in [-0.2, 0) is 0 Å². The minimum Gasteiger partial charge on any atom is -0.303 e. The van der Waals surface area contributed by atoms with E-state index in [2.05, 4.69) is 79.3 Å². The Bertz CT molecular complexity index is 435. The lowest BCUT2D eigenvalue weighted by atomic mass is 9.85. The van der Waals surface area contributed by atoms with E-state index in [0.29, 0.717) is 23.9 Å². The van der Waals surface area contributed by atoms with Crippen LogP contribution in [0.1, 0.15) is 75.7 Å². The highest BCUT2D eigenvalue weighted by Gasteiger charge is 2.32. The number of hydrogen-bond donors (Lipinski definition) is 0. The Morgan fingerprint density at radius 1 is 0.818 bits per heavy atom. The molecule has 0 unspecified atom stereocenters. The third-order valence-corrected chi connectivity index (χ3v) is 4.55. The van der Waals surface area contributed by atoms with Gasteiger partial charge in [0.05, 0.1) is 5.70 Å². The number of hydrazine groups is 1. The van der Waals surface area contributed by atoms with E-state index in [-0.39, 0.29) is 0 Å². The maximum Gasteiger partial charge on any atom is 0.0545 e. The summed E-state index contributed by atoms with van der Waals surface area (Å²) in [4.78, 5) is 0. The van der Waals surface area contributed by atoms with Crippen molar-refractivity contribution >= 4 is 0 Å². The predicted molar refractivity (Wildman–Crippen MR) is 98.5 cm³/mol. The van der Waals surface area contributed by atoms with Crippen molar-refractivity contribution < 1.29 is 0 Å². The average Bonchev–Trinajstić information content (AvgIpc) is 2.54. The Hall–Kier alpha value is -0.760. The Balaban J connectivity index is 3.61. The van der Waals surface area contributed by atoms with Crippen molar-refractivity contribution in [3.05, 3.63) is 22.4 Å². The van der Waals surface area contributed by atoms with Gasteiger partial charge in [0.2, 0.25) is 0 Å². The summed E-state index contributed by atoms with van der Waals surface area (Å²) >= 11 is 0.